The number of aromatic nitrogens is 4. The lowest BCUT2D eigenvalue weighted by atomic mass is 10.2. The lowest BCUT2D eigenvalue weighted by Crippen LogP contribution is -2.20. The van der Waals surface area contributed by atoms with E-state index in [2.05, 4.69) is 30.9 Å². The summed E-state index contributed by atoms with van der Waals surface area (Å²) in [7, 11) is 0. The molecule has 6 heteroatoms. The molecule has 0 amide bonds. The van der Waals surface area contributed by atoms with Crippen molar-refractivity contribution in [3.8, 4) is 6.07 Å². The summed E-state index contributed by atoms with van der Waals surface area (Å²) in [6, 6.07) is 9.91. The van der Waals surface area contributed by atoms with E-state index in [1.165, 1.54) is 12.8 Å². The second kappa shape index (κ2) is 6.13. The Kier molecular flexibility index (Phi) is 3.67. The van der Waals surface area contributed by atoms with Crippen molar-refractivity contribution in [2.75, 3.05) is 18.0 Å². The number of aromatic amines is 1. The zero-order valence-electron chi connectivity index (χ0n) is 13.1. The Labute approximate surface area is 139 Å². The zero-order chi connectivity index (χ0) is 16.4. The van der Waals surface area contributed by atoms with E-state index in [1.54, 1.807) is 18.5 Å². The van der Waals surface area contributed by atoms with E-state index < -0.39 is 0 Å². The van der Waals surface area contributed by atoms with E-state index >= 15 is 0 Å². The molecule has 0 unspecified atom stereocenters. The quantitative estimate of drug-likeness (QED) is 0.751. The normalized spacial score (nSPS) is 15.0. The number of benzene rings is 1. The number of allylic oxidation sites excluding steroid dienone is 1. The molecule has 24 heavy (non-hydrogen) atoms. The van der Waals surface area contributed by atoms with E-state index in [0.717, 1.165) is 35.6 Å². The Morgan fingerprint density at radius 3 is 2.62 bits per heavy atom. The fourth-order valence-corrected chi connectivity index (χ4v) is 2.89. The molecule has 0 saturated carbocycles. The first-order chi connectivity index (χ1) is 11.8. The van der Waals surface area contributed by atoms with Crippen molar-refractivity contribution in [3.63, 3.8) is 0 Å². The van der Waals surface area contributed by atoms with Crippen LogP contribution in [0.1, 0.15) is 24.2 Å². The van der Waals surface area contributed by atoms with Gasteiger partial charge in [0.2, 0.25) is 5.95 Å². The van der Waals surface area contributed by atoms with Crippen molar-refractivity contribution < 1.29 is 0 Å². The summed E-state index contributed by atoms with van der Waals surface area (Å²) in [5, 5.41) is 9.47. The molecule has 3 aromatic rings. The Hall–Kier alpha value is -3.20. The molecule has 6 nitrogen and oxygen atoms in total. The number of nitrogens with one attached hydrogen (secondary N) is 1. The Morgan fingerprint density at radius 2 is 1.92 bits per heavy atom. The van der Waals surface area contributed by atoms with Crippen LogP contribution in [0.3, 0.4) is 0 Å². The third kappa shape index (κ3) is 2.72. The molecule has 1 aliphatic heterocycles. The molecule has 3 heterocycles. The third-order valence-electron chi connectivity index (χ3n) is 4.12. The molecule has 0 radical (unpaired) electrons. The standard InChI is InChI=1S/C18H16N6/c19-10-14(17-22-15-5-1-2-6-16(15)23-17)9-13-11-20-18(21-12-13)24-7-3-4-8-24/h1-2,5-6,9,11-12H,3-4,7-8H2,(H,22,23)/b14-9-. The molecule has 0 bridgehead atoms. The maximum atomic E-state index is 9.47. The van der Waals surface area contributed by atoms with E-state index in [1.807, 2.05) is 24.3 Å². The minimum Gasteiger partial charge on any atom is -0.341 e. The molecule has 1 N–H and O–H groups in total. The molecular formula is C18H16N6. The lowest BCUT2D eigenvalue weighted by Gasteiger charge is -2.14. The highest BCUT2D eigenvalue weighted by Crippen LogP contribution is 2.20. The molecular weight excluding hydrogens is 300 g/mol. The van der Waals surface area contributed by atoms with Gasteiger partial charge in [0.05, 0.1) is 16.6 Å². The number of nitrogens with zero attached hydrogens (tertiary/aromatic N) is 5. The van der Waals surface area contributed by atoms with Gasteiger partial charge in [-0.3, -0.25) is 0 Å². The van der Waals surface area contributed by atoms with Gasteiger partial charge >= 0.3 is 0 Å². The van der Waals surface area contributed by atoms with Gasteiger partial charge in [0, 0.05) is 31.0 Å². The first kappa shape index (κ1) is 14.4. The monoisotopic (exact) mass is 316 g/mol. The maximum absolute atomic E-state index is 9.47. The predicted octanol–water partition coefficient (Wildman–Crippen LogP) is 3.02. The van der Waals surface area contributed by atoms with Crippen LogP contribution in [0.2, 0.25) is 0 Å². The lowest BCUT2D eigenvalue weighted by molar-refractivity contribution is 0.897. The second-order valence-electron chi connectivity index (χ2n) is 5.78. The van der Waals surface area contributed by atoms with Crippen LogP contribution in [0.5, 0.6) is 0 Å². The first-order valence-electron chi connectivity index (χ1n) is 7.97. The number of nitriles is 1. The second-order valence-corrected chi connectivity index (χ2v) is 5.78. The van der Waals surface area contributed by atoms with Crippen LogP contribution in [-0.4, -0.2) is 33.0 Å². The van der Waals surface area contributed by atoms with Gasteiger partial charge in [-0.1, -0.05) is 12.1 Å². The van der Waals surface area contributed by atoms with Crippen molar-refractivity contribution in [1.29, 1.82) is 5.26 Å². The van der Waals surface area contributed by atoms with Gasteiger partial charge in [-0.05, 0) is 31.1 Å². The molecule has 0 atom stereocenters. The van der Waals surface area contributed by atoms with E-state index in [4.69, 9.17) is 0 Å². The van der Waals surface area contributed by atoms with Crippen LogP contribution in [-0.2, 0) is 0 Å². The van der Waals surface area contributed by atoms with Gasteiger partial charge in [0.1, 0.15) is 11.9 Å². The Balaban J connectivity index is 1.63. The van der Waals surface area contributed by atoms with Gasteiger partial charge in [-0.15, -0.1) is 0 Å². The SMILES string of the molecule is N#C/C(=C/c1cnc(N2CCCC2)nc1)c1nc2ccccc2[nH]1. The summed E-state index contributed by atoms with van der Waals surface area (Å²) in [6.45, 7) is 2.02. The van der Waals surface area contributed by atoms with Gasteiger partial charge in [0.25, 0.3) is 0 Å². The summed E-state index contributed by atoms with van der Waals surface area (Å²) in [4.78, 5) is 18.6. The van der Waals surface area contributed by atoms with Crippen molar-refractivity contribution >= 4 is 28.6 Å². The van der Waals surface area contributed by atoms with Crippen molar-refractivity contribution in [2.24, 2.45) is 0 Å². The number of H-pyrrole nitrogens is 1. The molecule has 1 saturated heterocycles. The van der Waals surface area contributed by atoms with Gasteiger partial charge < -0.3 is 9.88 Å². The summed E-state index contributed by atoms with van der Waals surface area (Å²) in [5.74, 6) is 1.31. The fraction of sp³-hybridized carbons (Fsp3) is 0.222. The zero-order valence-corrected chi connectivity index (χ0v) is 13.1. The van der Waals surface area contributed by atoms with E-state index in [0.29, 0.717) is 11.4 Å². The topological polar surface area (TPSA) is 81.5 Å². The van der Waals surface area contributed by atoms with Crippen LogP contribution >= 0.6 is 0 Å². The fourth-order valence-electron chi connectivity index (χ4n) is 2.89. The minimum absolute atomic E-state index is 0.462. The molecule has 118 valence electrons. The highest BCUT2D eigenvalue weighted by Gasteiger charge is 2.14. The van der Waals surface area contributed by atoms with Gasteiger partial charge in [0.15, 0.2) is 0 Å². The van der Waals surface area contributed by atoms with Crippen LogP contribution in [0.15, 0.2) is 36.7 Å². The van der Waals surface area contributed by atoms with Gasteiger partial charge in [-0.25, -0.2) is 15.0 Å². The van der Waals surface area contributed by atoms with Crippen LogP contribution in [0.25, 0.3) is 22.7 Å². The smallest absolute Gasteiger partial charge is 0.225 e. The van der Waals surface area contributed by atoms with Crippen molar-refractivity contribution in [3.05, 3.63) is 48.0 Å². The van der Waals surface area contributed by atoms with Crippen LogP contribution < -0.4 is 4.90 Å². The van der Waals surface area contributed by atoms with Crippen LogP contribution in [0, 0.1) is 11.3 Å². The molecule has 1 aliphatic rings. The highest BCUT2D eigenvalue weighted by molar-refractivity contribution is 5.90. The number of anilines is 1. The van der Waals surface area contributed by atoms with E-state index in [-0.39, 0.29) is 0 Å². The predicted molar refractivity (Wildman–Crippen MR) is 93.1 cm³/mol. The third-order valence-corrected chi connectivity index (χ3v) is 4.12. The summed E-state index contributed by atoms with van der Waals surface area (Å²) < 4.78 is 0. The first-order valence-corrected chi connectivity index (χ1v) is 7.97. The average Bonchev–Trinajstić information content (AvgIpc) is 3.29. The summed E-state index contributed by atoms with van der Waals surface area (Å²) >= 11 is 0. The largest absolute Gasteiger partial charge is 0.341 e. The number of imidazole rings is 1. The number of rotatable bonds is 3. The maximum Gasteiger partial charge on any atom is 0.225 e. The molecule has 2 aromatic heterocycles. The highest BCUT2D eigenvalue weighted by atomic mass is 15.3. The van der Waals surface area contributed by atoms with Crippen molar-refractivity contribution in [1.82, 2.24) is 19.9 Å². The number of para-hydroxylation sites is 2. The Morgan fingerprint density at radius 1 is 1.17 bits per heavy atom. The average molecular weight is 316 g/mol. The number of fused-ring (bicyclic) bond motifs is 1. The number of hydrogen-bond acceptors (Lipinski definition) is 5. The van der Waals surface area contributed by atoms with Crippen LogP contribution in [0.4, 0.5) is 5.95 Å². The summed E-state index contributed by atoms with van der Waals surface area (Å²) in [6.07, 6.45) is 7.64. The summed E-state index contributed by atoms with van der Waals surface area (Å²) in [5.41, 5.74) is 3.00. The molecule has 0 spiro atoms. The molecule has 4 rings (SSSR count). The number of hydrogen-bond donors (Lipinski definition) is 1. The van der Waals surface area contributed by atoms with Crippen molar-refractivity contribution in [2.45, 2.75) is 12.8 Å². The van der Waals surface area contributed by atoms with Gasteiger partial charge in [-0.2, -0.15) is 5.26 Å². The molecule has 0 aliphatic carbocycles. The van der Waals surface area contributed by atoms with E-state index in [9.17, 15) is 5.26 Å². The minimum atomic E-state index is 0.462. The molecule has 1 fully saturated rings. The molecule has 1 aromatic carbocycles. The Bertz CT molecular complexity index is 893.